The van der Waals surface area contributed by atoms with Crippen LogP contribution in [-0.2, 0) is 10.0 Å². The summed E-state index contributed by atoms with van der Waals surface area (Å²) in [6.07, 6.45) is 0. The lowest BCUT2D eigenvalue weighted by atomic mass is 10.2. The van der Waals surface area contributed by atoms with Crippen LogP contribution in [-0.4, -0.2) is 56.1 Å². The Hall–Kier alpha value is -1.06. The van der Waals surface area contributed by atoms with E-state index in [1.165, 1.54) is 27.0 Å². The normalized spacial score (nSPS) is 17.6. The van der Waals surface area contributed by atoms with Gasteiger partial charge in [-0.05, 0) is 22.9 Å². The maximum Gasteiger partial charge on any atom is 0.252 e. The van der Waals surface area contributed by atoms with E-state index in [-0.39, 0.29) is 5.78 Å². The molecule has 0 bridgehead atoms. The van der Waals surface area contributed by atoms with Crippen molar-refractivity contribution >= 4 is 38.5 Å². The lowest BCUT2D eigenvalue weighted by Crippen LogP contribution is -2.49. The zero-order valence-electron chi connectivity index (χ0n) is 11.8. The number of hydrogen-bond donors (Lipinski definition) is 0. The Bertz CT molecular complexity index is 715. The van der Waals surface area contributed by atoms with Crippen LogP contribution in [0.5, 0.6) is 0 Å². The van der Waals surface area contributed by atoms with Crippen LogP contribution < -0.4 is 0 Å². The molecule has 0 amide bonds. The molecule has 0 radical (unpaired) electrons. The van der Waals surface area contributed by atoms with E-state index in [4.69, 9.17) is 0 Å². The van der Waals surface area contributed by atoms with Crippen LogP contribution in [0.3, 0.4) is 0 Å². The van der Waals surface area contributed by atoms with Crippen LogP contribution in [0, 0.1) is 0 Å². The van der Waals surface area contributed by atoms with Gasteiger partial charge >= 0.3 is 0 Å². The van der Waals surface area contributed by atoms with Gasteiger partial charge in [0.15, 0.2) is 5.78 Å². The van der Waals surface area contributed by atoms with Crippen molar-refractivity contribution in [2.75, 3.05) is 32.7 Å². The molecule has 1 aliphatic rings. The molecule has 2 aromatic heterocycles. The Morgan fingerprint density at radius 2 is 1.73 bits per heavy atom. The van der Waals surface area contributed by atoms with Crippen molar-refractivity contribution in [3.8, 4) is 0 Å². The van der Waals surface area contributed by atoms with Gasteiger partial charge in [-0.2, -0.15) is 4.31 Å². The van der Waals surface area contributed by atoms with E-state index >= 15 is 0 Å². The third-order valence-corrected chi connectivity index (χ3v) is 7.77. The number of sulfonamides is 1. The fourth-order valence-electron chi connectivity index (χ4n) is 2.38. The number of Topliss-reactive ketones (excluding diaryl/α,β-unsaturated/α-hetero) is 1. The summed E-state index contributed by atoms with van der Waals surface area (Å²) >= 11 is 2.68. The minimum Gasteiger partial charge on any atom is -0.293 e. The summed E-state index contributed by atoms with van der Waals surface area (Å²) < 4.78 is 26.7. The second-order valence-corrected chi connectivity index (χ2v) is 9.07. The van der Waals surface area contributed by atoms with Crippen molar-refractivity contribution in [2.24, 2.45) is 0 Å². The molecule has 3 heterocycles. The molecule has 0 N–H and O–H groups in total. The Kier molecular flexibility index (Phi) is 4.74. The molecule has 2 aromatic rings. The number of thiophene rings is 2. The molecule has 0 spiro atoms. The third-order valence-electron chi connectivity index (χ3n) is 3.58. The Labute approximate surface area is 137 Å². The summed E-state index contributed by atoms with van der Waals surface area (Å²) in [5.74, 6) is 0.101. The number of nitrogens with zero attached hydrogens (tertiary/aromatic N) is 2. The van der Waals surface area contributed by atoms with E-state index in [2.05, 4.69) is 0 Å². The van der Waals surface area contributed by atoms with Crippen LogP contribution >= 0.6 is 22.7 Å². The molecule has 0 unspecified atom stereocenters. The smallest absolute Gasteiger partial charge is 0.252 e. The Balaban J connectivity index is 1.58. The molecule has 118 valence electrons. The molecule has 22 heavy (non-hydrogen) atoms. The molecule has 1 aliphatic heterocycles. The Morgan fingerprint density at radius 3 is 2.32 bits per heavy atom. The van der Waals surface area contributed by atoms with Gasteiger partial charge in [0.1, 0.15) is 4.21 Å². The maximum absolute atomic E-state index is 12.4. The van der Waals surface area contributed by atoms with E-state index < -0.39 is 10.0 Å². The van der Waals surface area contributed by atoms with Gasteiger partial charge in [-0.1, -0.05) is 12.1 Å². The maximum atomic E-state index is 12.4. The van der Waals surface area contributed by atoms with Crippen molar-refractivity contribution in [1.82, 2.24) is 9.21 Å². The van der Waals surface area contributed by atoms with E-state index in [0.717, 1.165) is 4.88 Å². The number of carbonyl (C=O) groups excluding carboxylic acids is 1. The third kappa shape index (κ3) is 3.31. The van der Waals surface area contributed by atoms with Gasteiger partial charge < -0.3 is 0 Å². The van der Waals surface area contributed by atoms with Crippen molar-refractivity contribution in [3.05, 3.63) is 39.9 Å². The highest BCUT2D eigenvalue weighted by atomic mass is 32.2. The summed E-state index contributed by atoms with van der Waals surface area (Å²) in [7, 11) is -3.37. The van der Waals surface area contributed by atoms with Gasteiger partial charge in [0.05, 0.1) is 11.4 Å². The minimum absolute atomic E-state index is 0.101. The second-order valence-electron chi connectivity index (χ2n) is 5.01. The SMILES string of the molecule is O=C(CN1CCN(S(=O)(=O)c2cccs2)CC1)c1cccs1. The van der Waals surface area contributed by atoms with Gasteiger partial charge in [-0.15, -0.1) is 22.7 Å². The lowest BCUT2D eigenvalue weighted by Gasteiger charge is -2.33. The van der Waals surface area contributed by atoms with Crippen molar-refractivity contribution in [2.45, 2.75) is 4.21 Å². The zero-order chi connectivity index (χ0) is 15.6. The van der Waals surface area contributed by atoms with Crippen molar-refractivity contribution in [1.29, 1.82) is 0 Å². The molecule has 1 fully saturated rings. The number of hydrogen-bond acceptors (Lipinski definition) is 6. The average molecular weight is 356 g/mol. The molecule has 0 aromatic carbocycles. The van der Waals surface area contributed by atoms with E-state index in [9.17, 15) is 13.2 Å². The molecule has 3 rings (SSSR count). The van der Waals surface area contributed by atoms with E-state index in [1.54, 1.807) is 17.5 Å². The summed E-state index contributed by atoms with van der Waals surface area (Å²) in [5, 5.41) is 3.65. The highest BCUT2D eigenvalue weighted by Gasteiger charge is 2.29. The van der Waals surface area contributed by atoms with Gasteiger partial charge in [0.2, 0.25) is 0 Å². The van der Waals surface area contributed by atoms with Crippen LogP contribution in [0.25, 0.3) is 0 Å². The molecule has 8 heteroatoms. The van der Waals surface area contributed by atoms with Gasteiger partial charge in [-0.3, -0.25) is 9.69 Å². The van der Waals surface area contributed by atoms with Crippen molar-refractivity contribution in [3.63, 3.8) is 0 Å². The summed E-state index contributed by atoms with van der Waals surface area (Å²) in [6, 6.07) is 7.06. The number of piperazine rings is 1. The number of rotatable bonds is 5. The number of carbonyl (C=O) groups is 1. The van der Waals surface area contributed by atoms with Crippen molar-refractivity contribution < 1.29 is 13.2 Å². The van der Waals surface area contributed by atoms with E-state index in [0.29, 0.717) is 36.9 Å². The first-order valence-corrected chi connectivity index (χ1v) is 10.1. The first kappa shape index (κ1) is 15.8. The number of ketones is 1. The summed E-state index contributed by atoms with van der Waals surface area (Å²) in [4.78, 5) is 14.9. The van der Waals surface area contributed by atoms with Gasteiger partial charge in [0, 0.05) is 26.2 Å². The summed E-state index contributed by atoms with van der Waals surface area (Å²) in [5.41, 5.74) is 0. The highest BCUT2D eigenvalue weighted by Crippen LogP contribution is 2.22. The predicted molar refractivity (Wildman–Crippen MR) is 88.2 cm³/mol. The van der Waals surface area contributed by atoms with Gasteiger partial charge in [0.25, 0.3) is 10.0 Å². The minimum atomic E-state index is -3.37. The average Bonchev–Trinajstić information content (AvgIpc) is 3.21. The van der Waals surface area contributed by atoms with Gasteiger partial charge in [-0.25, -0.2) is 8.42 Å². The second kappa shape index (κ2) is 6.59. The molecule has 5 nitrogen and oxygen atoms in total. The first-order valence-electron chi connectivity index (χ1n) is 6.90. The Morgan fingerprint density at radius 1 is 1.05 bits per heavy atom. The largest absolute Gasteiger partial charge is 0.293 e. The highest BCUT2D eigenvalue weighted by molar-refractivity contribution is 7.91. The monoisotopic (exact) mass is 356 g/mol. The molecular formula is C14H16N2O3S3. The van der Waals surface area contributed by atoms with E-state index in [1.807, 2.05) is 22.4 Å². The first-order chi connectivity index (χ1) is 10.6. The van der Waals surface area contributed by atoms with Crippen LogP contribution in [0.15, 0.2) is 39.2 Å². The lowest BCUT2D eigenvalue weighted by molar-refractivity contribution is 0.0906. The predicted octanol–water partition coefficient (Wildman–Crippen LogP) is 2.00. The molecule has 0 saturated carbocycles. The fraction of sp³-hybridized carbons (Fsp3) is 0.357. The molecular weight excluding hydrogens is 340 g/mol. The molecule has 1 saturated heterocycles. The molecule has 0 aliphatic carbocycles. The molecule has 0 atom stereocenters. The quantitative estimate of drug-likeness (QED) is 0.769. The van der Waals surface area contributed by atoms with Crippen LogP contribution in [0.1, 0.15) is 9.67 Å². The standard InChI is InChI=1S/C14H16N2O3S3/c17-12(13-3-1-9-20-13)11-15-5-7-16(8-6-15)22(18,19)14-4-2-10-21-14/h1-4,9-10H,5-8,11H2. The zero-order valence-corrected chi connectivity index (χ0v) is 14.3. The summed E-state index contributed by atoms with van der Waals surface area (Å²) in [6.45, 7) is 2.38. The topological polar surface area (TPSA) is 57.7 Å². The fourth-order valence-corrected chi connectivity index (χ4v) is 5.61. The van der Waals surface area contributed by atoms with Crippen LogP contribution in [0.2, 0.25) is 0 Å². The van der Waals surface area contributed by atoms with Crippen LogP contribution in [0.4, 0.5) is 0 Å².